The molecule has 82 valence electrons. The minimum atomic E-state index is -0.437. The molecule has 0 saturated heterocycles. The molecule has 0 amide bonds. The molecule has 1 rings (SSSR count). The van der Waals surface area contributed by atoms with Crippen LogP contribution >= 0.6 is 0 Å². The zero-order valence-electron chi connectivity index (χ0n) is 9.02. The van der Waals surface area contributed by atoms with Gasteiger partial charge in [-0.2, -0.15) is 0 Å². The molecule has 1 unspecified atom stereocenters. The number of hydrogen-bond donors (Lipinski definition) is 2. The Morgan fingerprint density at radius 3 is 2.60 bits per heavy atom. The maximum atomic E-state index is 9.34. The van der Waals surface area contributed by atoms with Crippen LogP contribution in [0.25, 0.3) is 0 Å². The van der Waals surface area contributed by atoms with Crippen molar-refractivity contribution >= 4 is 0 Å². The summed E-state index contributed by atoms with van der Waals surface area (Å²) in [7, 11) is 0. The van der Waals surface area contributed by atoms with Crippen LogP contribution in [0.2, 0.25) is 0 Å². The van der Waals surface area contributed by atoms with Crippen LogP contribution < -0.4 is 5.73 Å². The lowest BCUT2D eigenvalue weighted by molar-refractivity contribution is 0.182. The zero-order valence-corrected chi connectivity index (χ0v) is 9.02. The summed E-state index contributed by atoms with van der Waals surface area (Å²) in [6, 6.07) is 10.3. The summed E-state index contributed by atoms with van der Waals surface area (Å²) in [6.07, 6.45) is 2.08. The van der Waals surface area contributed by atoms with Crippen molar-refractivity contribution in [1.29, 1.82) is 0 Å². The Hall–Kier alpha value is -1.12. The van der Waals surface area contributed by atoms with Gasteiger partial charge in [0.25, 0.3) is 0 Å². The Morgan fingerprint density at radius 2 is 2.00 bits per heavy atom. The first-order chi connectivity index (χ1) is 7.22. The highest BCUT2D eigenvalue weighted by Gasteiger charge is 2.03. The maximum absolute atomic E-state index is 9.34. The molecule has 0 fully saturated rings. The number of aliphatic hydroxyl groups is 1. The van der Waals surface area contributed by atoms with Crippen LogP contribution in [-0.4, -0.2) is 17.8 Å². The molecule has 0 aliphatic carbocycles. The lowest BCUT2D eigenvalue weighted by atomic mass is 10.0. The molecule has 0 saturated carbocycles. The van der Waals surface area contributed by atoms with Crippen LogP contribution in [0.3, 0.4) is 0 Å². The second-order valence-corrected chi connectivity index (χ2v) is 3.83. The van der Waals surface area contributed by atoms with E-state index in [-0.39, 0.29) is 0 Å². The lowest BCUT2D eigenvalue weighted by Crippen LogP contribution is -2.19. The van der Waals surface area contributed by atoms with Crippen molar-refractivity contribution in [1.82, 2.24) is 0 Å². The number of nitrogens with two attached hydrogens (primary N) is 1. The van der Waals surface area contributed by atoms with E-state index < -0.39 is 6.10 Å². The van der Waals surface area contributed by atoms with Gasteiger partial charge in [-0.15, -0.1) is 0 Å². The molecule has 2 heteroatoms. The first kappa shape index (κ1) is 12.0. The molecule has 0 bridgehead atoms. The normalized spacial score (nSPS) is 12.4. The van der Waals surface area contributed by atoms with E-state index in [0.29, 0.717) is 13.0 Å². The summed E-state index contributed by atoms with van der Waals surface area (Å²) in [6.45, 7) is 4.25. The SMILES string of the molecule is C=C(CCc1ccccc1)CC(O)CN. The third kappa shape index (κ3) is 4.77. The van der Waals surface area contributed by atoms with E-state index >= 15 is 0 Å². The third-order valence-corrected chi connectivity index (χ3v) is 2.41. The largest absolute Gasteiger partial charge is 0.391 e. The van der Waals surface area contributed by atoms with Crippen LogP contribution in [-0.2, 0) is 6.42 Å². The molecule has 1 aromatic rings. The van der Waals surface area contributed by atoms with Crippen LogP contribution in [0, 0.1) is 0 Å². The predicted molar refractivity (Wildman–Crippen MR) is 63.6 cm³/mol. The van der Waals surface area contributed by atoms with Gasteiger partial charge >= 0.3 is 0 Å². The minimum absolute atomic E-state index is 0.310. The van der Waals surface area contributed by atoms with E-state index in [4.69, 9.17) is 5.73 Å². The smallest absolute Gasteiger partial charge is 0.0699 e. The van der Waals surface area contributed by atoms with E-state index in [1.54, 1.807) is 0 Å². The maximum Gasteiger partial charge on any atom is 0.0699 e. The first-order valence-electron chi connectivity index (χ1n) is 5.31. The van der Waals surface area contributed by atoms with Crippen molar-refractivity contribution in [3.8, 4) is 0 Å². The van der Waals surface area contributed by atoms with Gasteiger partial charge in [0, 0.05) is 6.54 Å². The number of aryl methyl sites for hydroxylation is 1. The molecule has 0 aromatic heterocycles. The Morgan fingerprint density at radius 1 is 1.33 bits per heavy atom. The van der Waals surface area contributed by atoms with E-state index in [0.717, 1.165) is 18.4 Å². The van der Waals surface area contributed by atoms with Crippen LogP contribution in [0.1, 0.15) is 18.4 Å². The van der Waals surface area contributed by atoms with Gasteiger partial charge in [-0.05, 0) is 24.8 Å². The Kier molecular flexibility index (Phi) is 5.08. The summed E-state index contributed by atoms with van der Waals surface area (Å²) in [4.78, 5) is 0. The first-order valence-corrected chi connectivity index (χ1v) is 5.31. The molecule has 0 spiro atoms. The van der Waals surface area contributed by atoms with Gasteiger partial charge in [-0.1, -0.05) is 42.5 Å². The quantitative estimate of drug-likeness (QED) is 0.697. The van der Waals surface area contributed by atoms with E-state index in [1.165, 1.54) is 5.56 Å². The van der Waals surface area contributed by atoms with Crippen molar-refractivity contribution in [2.75, 3.05) is 6.54 Å². The average Bonchev–Trinajstić information content (AvgIpc) is 2.27. The topological polar surface area (TPSA) is 46.2 Å². The van der Waals surface area contributed by atoms with Crippen molar-refractivity contribution in [3.05, 3.63) is 48.0 Å². The molecule has 0 aliphatic rings. The van der Waals surface area contributed by atoms with Gasteiger partial charge in [-0.25, -0.2) is 0 Å². The summed E-state index contributed by atoms with van der Waals surface area (Å²) < 4.78 is 0. The van der Waals surface area contributed by atoms with Crippen molar-refractivity contribution in [3.63, 3.8) is 0 Å². The zero-order chi connectivity index (χ0) is 11.1. The summed E-state index contributed by atoms with van der Waals surface area (Å²) >= 11 is 0. The standard InChI is InChI=1S/C13H19NO/c1-11(9-13(15)10-14)7-8-12-5-3-2-4-6-12/h2-6,13,15H,1,7-10,14H2. The van der Waals surface area contributed by atoms with E-state index in [9.17, 15) is 5.11 Å². The summed E-state index contributed by atoms with van der Waals surface area (Å²) in [5.41, 5.74) is 7.71. The minimum Gasteiger partial charge on any atom is -0.391 e. The lowest BCUT2D eigenvalue weighted by Gasteiger charge is -2.10. The van der Waals surface area contributed by atoms with E-state index in [1.807, 2.05) is 18.2 Å². The second kappa shape index (κ2) is 6.38. The molecule has 0 heterocycles. The highest BCUT2D eigenvalue weighted by molar-refractivity contribution is 5.16. The number of aliphatic hydroxyl groups excluding tert-OH is 1. The molecule has 2 nitrogen and oxygen atoms in total. The highest BCUT2D eigenvalue weighted by Crippen LogP contribution is 2.11. The summed E-state index contributed by atoms with van der Waals surface area (Å²) in [5.74, 6) is 0. The Labute approximate surface area is 91.4 Å². The van der Waals surface area contributed by atoms with Gasteiger partial charge in [0.1, 0.15) is 0 Å². The molecular weight excluding hydrogens is 186 g/mol. The Balaban J connectivity index is 2.29. The fraction of sp³-hybridized carbons (Fsp3) is 0.385. The number of benzene rings is 1. The monoisotopic (exact) mass is 205 g/mol. The number of hydrogen-bond acceptors (Lipinski definition) is 2. The number of rotatable bonds is 6. The average molecular weight is 205 g/mol. The van der Waals surface area contributed by atoms with Gasteiger partial charge in [0.05, 0.1) is 6.10 Å². The van der Waals surface area contributed by atoms with Gasteiger partial charge in [0.15, 0.2) is 0 Å². The fourth-order valence-electron chi connectivity index (χ4n) is 1.48. The molecule has 0 aliphatic heterocycles. The van der Waals surface area contributed by atoms with Gasteiger partial charge in [0.2, 0.25) is 0 Å². The van der Waals surface area contributed by atoms with Crippen LogP contribution in [0.15, 0.2) is 42.5 Å². The molecule has 3 N–H and O–H groups in total. The van der Waals surface area contributed by atoms with Gasteiger partial charge < -0.3 is 10.8 Å². The molecule has 1 atom stereocenters. The molecule has 1 aromatic carbocycles. The highest BCUT2D eigenvalue weighted by atomic mass is 16.3. The molecule has 0 radical (unpaired) electrons. The predicted octanol–water partition coefficient (Wildman–Crippen LogP) is 1.89. The van der Waals surface area contributed by atoms with Crippen molar-refractivity contribution < 1.29 is 5.11 Å². The van der Waals surface area contributed by atoms with Gasteiger partial charge in [-0.3, -0.25) is 0 Å². The molecule has 15 heavy (non-hydrogen) atoms. The second-order valence-electron chi connectivity index (χ2n) is 3.83. The van der Waals surface area contributed by atoms with Crippen LogP contribution in [0.5, 0.6) is 0 Å². The molecular formula is C13H19NO. The Bertz CT molecular complexity index is 295. The van der Waals surface area contributed by atoms with Crippen LogP contribution in [0.4, 0.5) is 0 Å². The summed E-state index contributed by atoms with van der Waals surface area (Å²) in [5, 5.41) is 9.34. The van der Waals surface area contributed by atoms with Crippen molar-refractivity contribution in [2.24, 2.45) is 5.73 Å². The van der Waals surface area contributed by atoms with E-state index in [2.05, 4.69) is 18.7 Å². The third-order valence-electron chi connectivity index (χ3n) is 2.41. The fourth-order valence-corrected chi connectivity index (χ4v) is 1.48. The van der Waals surface area contributed by atoms with Crippen molar-refractivity contribution in [2.45, 2.75) is 25.4 Å².